The highest BCUT2D eigenvalue weighted by Crippen LogP contribution is 2.39. The predicted molar refractivity (Wildman–Crippen MR) is 124 cm³/mol. The van der Waals surface area contributed by atoms with Crippen molar-refractivity contribution in [2.75, 3.05) is 13.6 Å². The third kappa shape index (κ3) is 4.78. The van der Waals surface area contributed by atoms with Crippen molar-refractivity contribution in [3.8, 4) is 21.9 Å². The van der Waals surface area contributed by atoms with Gasteiger partial charge in [-0.15, -0.1) is 16.2 Å². The van der Waals surface area contributed by atoms with E-state index in [-0.39, 0.29) is 11.4 Å². The van der Waals surface area contributed by atoms with E-state index in [2.05, 4.69) is 53.3 Å². The molecule has 0 aliphatic rings. The first-order chi connectivity index (χ1) is 15.1. The smallest absolute Gasteiger partial charge is 0.167 e. The van der Waals surface area contributed by atoms with E-state index in [1.807, 2.05) is 6.07 Å². The normalized spacial score (nSPS) is 11.2. The summed E-state index contributed by atoms with van der Waals surface area (Å²) in [6, 6.07) is 16.1. The molecule has 2 heterocycles. The first-order valence-corrected chi connectivity index (χ1v) is 10.9. The topological polar surface area (TPSA) is 54.8 Å². The van der Waals surface area contributed by atoms with Crippen LogP contribution in [0.5, 0.6) is 11.5 Å². The number of benzene rings is 2. The van der Waals surface area contributed by atoms with Gasteiger partial charge in [0.2, 0.25) is 0 Å². The van der Waals surface area contributed by atoms with Crippen molar-refractivity contribution in [1.29, 1.82) is 0 Å². The maximum Gasteiger partial charge on any atom is 0.167 e. The van der Waals surface area contributed by atoms with Gasteiger partial charge < -0.3 is 9.64 Å². The van der Waals surface area contributed by atoms with Crippen LogP contribution in [0.25, 0.3) is 20.7 Å². The lowest BCUT2D eigenvalue weighted by atomic mass is 10.1. The molecule has 2 aromatic heterocycles. The number of halogens is 1. The summed E-state index contributed by atoms with van der Waals surface area (Å²) in [4.78, 5) is 18.4. The zero-order valence-corrected chi connectivity index (χ0v) is 18.2. The fourth-order valence-corrected chi connectivity index (χ4v) is 4.50. The number of hydrogen-bond acceptors (Lipinski definition) is 6. The summed E-state index contributed by atoms with van der Waals surface area (Å²) in [6.07, 6.45) is 2.77. The molecule has 158 valence electrons. The second-order valence-corrected chi connectivity index (χ2v) is 8.43. The molecule has 0 fully saturated rings. The Kier molecular flexibility index (Phi) is 6.34. The quantitative estimate of drug-likeness (QED) is 0.276. The molecule has 0 spiro atoms. The second-order valence-electron chi connectivity index (χ2n) is 7.38. The Balaban J connectivity index is 1.60. The summed E-state index contributed by atoms with van der Waals surface area (Å²) in [6.45, 7) is 4.17. The third-order valence-electron chi connectivity index (χ3n) is 4.91. The third-order valence-corrected chi connectivity index (χ3v) is 6.10. The van der Waals surface area contributed by atoms with Gasteiger partial charge in [0.05, 0.1) is 10.2 Å². The number of aromatic nitrogens is 1. The molecule has 0 radical (unpaired) electrons. The summed E-state index contributed by atoms with van der Waals surface area (Å²) in [5.41, 5.74) is 3.18. The molecule has 0 saturated heterocycles. The van der Waals surface area contributed by atoms with Gasteiger partial charge in [0.15, 0.2) is 11.6 Å². The van der Waals surface area contributed by atoms with Crippen molar-refractivity contribution >= 4 is 27.2 Å². The lowest BCUT2D eigenvalue weighted by Gasteiger charge is -2.15. The number of hydrogen-bond donors (Lipinski definition) is 0. The number of pyridine rings is 1. The minimum atomic E-state index is -0.637. The maximum absolute atomic E-state index is 14.2. The molecular formula is C24H22FN3O2S. The van der Waals surface area contributed by atoms with Gasteiger partial charge in [-0.3, -0.25) is 4.98 Å². The molecule has 4 rings (SSSR count). The first kappa shape index (κ1) is 21.1. The van der Waals surface area contributed by atoms with Gasteiger partial charge in [0, 0.05) is 29.8 Å². The molecular weight excluding hydrogens is 413 g/mol. The van der Waals surface area contributed by atoms with Crippen LogP contribution in [0, 0.1) is 10.7 Å². The van der Waals surface area contributed by atoms with E-state index >= 15 is 0 Å². The molecule has 0 saturated carbocycles. The van der Waals surface area contributed by atoms with E-state index in [0.29, 0.717) is 5.75 Å². The van der Waals surface area contributed by atoms with Crippen LogP contribution in [0.3, 0.4) is 0 Å². The molecule has 0 aliphatic heterocycles. The average Bonchev–Trinajstić information content (AvgIpc) is 3.21. The molecule has 0 unspecified atom stereocenters. The van der Waals surface area contributed by atoms with Crippen LogP contribution < -0.4 is 4.74 Å². The van der Waals surface area contributed by atoms with Gasteiger partial charge in [-0.2, -0.15) is 0 Å². The van der Waals surface area contributed by atoms with Crippen LogP contribution >= 0.6 is 11.3 Å². The van der Waals surface area contributed by atoms with Crippen LogP contribution in [0.4, 0.5) is 10.1 Å². The van der Waals surface area contributed by atoms with E-state index in [1.54, 1.807) is 23.6 Å². The van der Waals surface area contributed by atoms with E-state index in [4.69, 9.17) is 4.74 Å². The molecule has 4 aromatic rings. The van der Waals surface area contributed by atoms with Crippen molar-refractivity contribution in [1.82, 2.24) is 9.88 Å². The number of fused-ring (bicyclic) bond motifs is 1. The second kappa shape index (κ2) is 9.32. The highest BCUT2D eigenvalue weighted by Gasteiger charge is 2.13. The van der Waals surface area contributed by atoms with Crippen molar-refractivity contribution in [3.63, 3.8) is 0 Å². The number of rotatable bonds is 8. The van der Waals surface area contributed by atoms with E-state index in [1.165, 1.54) is 17.7 Å². The predicted octanol–water partition coefficient (Wildman–Crippen LogP) is 7.13. The van der Waals surface area contributed by atoms with Crippen molar-refractivity contribution in [2.45, 2.75) is 19.9 Å². The molecule has 0 bridgehead atoms. The average molecular weight is 436 g/mol. The number of ether oxygens (including phenoxy) is 1. The summed E-state index contributed by atoms with van der Waals surface area (Å²) < 4.78 is 20.9. The Hall–Kier alpha value is -3.16. The van der Waals surface area contributed by atoms with Crippen LogP contribution in [-0.4, -0.2) is 23.5 Å². The molecule has 0 N–H and O–H groups in total. The summed E-state index contributed by atoms with van der Waals surface area (Å²) >= 11 is 1.55. The highest BCUT2D eigenvalue weighted by atomic mass is 32.1. The Labute approximate surface area is 184 Å². The summed E-state index contributed by atoms with van der Waals surface area (Å²) in [5.74, 6) is -0.0809. The zero-order valence-electron chi connectivity index (χ0n) is 17.3. The number of nitroso groups, excluding NO2 is 1. The Morgan fingerprint density at radius 2 is 1.90 bits per heavy atom. The maximum atomic E-state index is 14.2. The highest BCUT2D eigenvalue weighted by molar-refractivity contribution is 7.22. The number of nitrogens with zero attached hydrogens (tertiary/aromatic N) is 3. The molecule has 31 heavy (non-hydrogen) atoms. The van der Waals surface area contributed by atoms with Crippen molar-refractivity contribution in [2.24, 2.45) is 5.18 Å². The zero-order chi connectivity index (χ0) is 21.8. The minimum absolute atomic E-state index is 0.0208. The van der Waals surface area contributed by atoms with Crippen LogP contribution in [0.15, 0.2) is 66.0 Å². The van der Waals surface area contributed by atoms with Crippen LogP contribution in [-0.2, 0) is 6.54 Å². The van der Waals surface area contributed by atoms with E-state index < -0.39 is 5.82 Å². The largest absolute Gasteiger partial charge is 0.453 e. The first-order valence-electron chi connectivity index (χ1n) is 10.0. The molecule has 0 amide bonds. The molecule has 0 aliphatic carbocycles. The molecule has 7 heteroatoms. The monoisotopic (exact) mass is 435 g/mol. The Bertz CT molecular complexity index is 1210. The SMILES string of the molecule is CCCN(C)Cc1ccc(-c2cc3nccc(Oc4ccc(N=O)cc4F)c3s2)cc1. The Morgan fingerprint density at radius 3 is 2.61 bits per heavy atom. The molecule has 2 aromatic carbocycles. The fraction of sp³-hybridized carbons (Fsp3) is 0.208. The van der Waals surface area contributed by atoms with Crippen LogP contribution in [0.2, 0.25) is 0 Å². The Morgan fingerprint density at radius 1 is 1.10 bits per heavy atom. The fourth-order valence-electron chi connectivity index (χ4n) is 3.43. The molecule has 0 atom stereocenters. The van der Waals surface area contributed by atoms with Gasteiger partial charge in [-0.1, -0.05) is 31.2 Å². The van der Waals surface area contributed by atoms with Gasteiger partial charge in [-0.05, 0) is 54.5 Å². The summed E-state index contributed by atoms with van der Waals surface area (Å²) in [5, 5.41) is 2.74. The van der Waals surface area contributed by atoms with E-state index in [0.717, 1.165) is 46.2 Å². The van der Waals surface area contributed by atoms with Crippen molar-refractivity contribution < 1.29 is 9.13 Å². The lowest BCUT2D eigenvalue weighted by molar-refractivity contribution is 0.327. The van der Waals surface area contributed by atoms with Gasteiger partial charge in [-0.25, -0.2) is 4.39 Å². The lowest BCUT2D eigenvalue weighted by Crippen LogP contribution is -2.18. The van der Waals surface area contributed by atoms with Crippen molar-refractivity contribution in [3.05, 3.63) is 77.1 Å². The van der Waals surface area contributed by atoms with Gasteiger partial charge in [0.1, 0.15) is 11.4 Å². The standard InChI is InChI=1S/C24H22FN3O2S/c1-3-12-28(2)15-16-4-6-17(7-5-16)23-14-20-24(31-23)22(10-11-26-20)30-21-9-8-18(27-29)13-19(21)25/h4-11,13-14H,3,12,15H2,1-2H3. The summed E-state index contributed by atoms with van der Waals surface area (Å²) in [7, 11) is 2.13. The van der Waals surface area contributed by atoms with Gasteiger partial charge in [0.25, 0.3) is 0 Å². The van der Waals surface area contributed by atoms with Gasteiger partial charge >= 0.3 is 0 Å². The number of thiophene rings is 1. The molecule has 5 nitrogen and oxygen atoms in total. The van der Waals surface area contributed by atoms with E-state index in [9.17, 15) is 9.30 Å². The van der Waals surface area contributed by atoms with Crippen LogP contribution in [0.1, 0.15) is 18.9 Å². The minimum Gasteiger partial charge on any atom is -0.453 e.